The van der Waals surface area contributed by atoms with Crippen LogP contribution in [0, 0.1) is 10.1 Å². The number of nitrogens with one attached hydrogen (secondary N) is 2. The van der Waals surface area contributed by atoms with Crippen molar-refractivity contribution >= 4 is 11.8 Å². The van der Waals surface area contributed by atoms with Gasteiger partial charge in [-0.15, -0.1) is 0 Å². The molecule has 0 saturated heterocycles. The number of hydrogen-bond acceptors (Lipinski definition) is 5. The first-order valence-corrected chi connectivity index (χ1v) is 5.42. The zero-order chi connectivity index (χ0) is 12.3. The quantitative estimate of drug-likeness (QED) is 0.432. The lowest BCUT2D eigenvalue weighted by Gasteiger charge is -2.03. The summed E-state index contributed by atoms with van der Waals surface area (Å²) in [6.45, 7) is 1.17. The van der Waals surface area contributed by atoms with E-state index in [1.54, 1.807) is 0 Å². The Morgan fingerprint density at radius 1 is 1.47 bits per heavy atom. The molecule has 1 aromatic heterocycles. The Labute approximate surface area is 97.3 Å². The van der Waals surface area contributed by atoms with Crippen LogP contribution >= 0.6 is 0 Å². The molecule has 7 nitrogen and oxygen atoms in total. The fourth-order valence-electron chi connectivity index (χ4n) is 1.37. The van der Waals surface area contributed by atoms with Gasteiger partial charge in [0.05, 0.1) is 6.07 Å². The summed E-state index contributed by atoms with van der Waals surface area (Å²) in [6.07, 6.45) is 2.39. The summed E-state index contributed by atoms with van der Waals surface area (Å²) in [6, 6.07) is 3.05. The number of hydrogen-bond donors (Lipinski definition) is 2. The van der Waals surface area contributed by atoms with Gasteiger partial charge in [-0.2, -0.15) is 0 Å². The van der Waals surface area contributed by atoms with Crippen molar-refractivity contribution in [1.82, 2.24) is 10.6 Å². The molecule has 0 radical (unpaired) electrons. The third kappa shape index (κ3) is 3.28. The predicted molar refractivity (Wildman–Crippen MR) is 58.7 cm³/mol. The third-order valence-electron chi connectivity index (χ3n) is 2.42. The summed E-state index contributed by atoms with van der Waals surface area (Å²) >= 11 is 0. The highest BCUT2D eigenvalue weighted by atomic mass is 16.6. The highest BCUT2D eigenvalue weighted by molar-refractivity contribution is 5.91. The highest BCUT2D eigenvalue weighted by Crippen LogP contribution is 2.18. The molecular weight excluding hydrogens is 226 g/mol. The van der Waals surface area contributed by atoms with Gasteiger partial charge < -0.3 is 15.1 Å². The number of carbonyl (C=O) groups excluding carboxylic acids is 1. The number of rotatable bonds is 6. The van der Waals surface area contributed by atoms with Crippen molar-refractivity contribution in [3.63, 3.8) is 0 Å². The van der Waals surface area contributed by atoms with Gasteiger partial charge in [-0.1, -0.05) is 0 Å². The normalized spacial score (nSPS) is 14.6. The maximum Gasteiger partial charge on any atom is 0.433 e. The van der Waals surface area contributed by atoms with E-state index < -0.39 is 16.7 Å². The molecule has 17 heavy (non-hydrogen) atoms. The molecule has 1 aromatic rings. The Bertz CT molecular complexity index is 425. The molecule has 0 unspecified atom stereocenters. The van der Waals surface area contributed by atoms with Gasteiger partial charge in [0.2, 0.25) is 0 Å². The third-order valence-corrected chi connectivity index (χ3v) is 2.42. The van der Waals surface area contributed by atoms with E-state index >= 15 is 0 Å². The Balaban J connectivity index is 1.75. The lowest BCUT2D eigenvalue weighted by Crippen LogP contribution is -2.32. The first kappa shape index (κ1) is 11.6. The van der Waals surface area contributed by atoms with Crippen LogP contribution in [0.2, 0.25) is 0 Å². The summed E-state index contributed by atoms with van der Waals surface area (Å²) in [4.78, 5) is 21.2. The van der Waals surface area contributed by atoms with Crippen LogP contribution in [0.1, 0.15) is 23.4 Å². The molecular formula is C10H13N3O4. The molecule has 1 aliphatic rings. The zero-order valence-corrected chi connectivity index (χ0v) is 9.14. The van der Waals surface area contributed by atoms with Gasteiger partial charge in [-0.3, -0.25) is 14.9 Å². The number of carbonyl (C=O) groups is 1. The molecule has 1 amide bonds. The van der Waals surface area contributed by atoms with Crippen molar-refractivity contribution in [3.8, 4) is 0 Å². The molecule has 2 rings (SSSR count). The molecule has 0 aromatic carbocycles. The number of furan rings is 1. The van der Waals surface area contributed by atoms with Gasteiger partial charge in [0, 0.05) is 19.1 Å². The van der Waals surface area contributed by atoms with Crippen LogP contribution in [0.4, 0.5) is 5.88 Å². The first-order chi connectivity index (χ1) is 8.16. The van der Waals surface area contributed by atoms with E-state index in [0.29, 0.717) is 19.1 Å². The Morgan fingerprint density at radius 3 is 2.82 bits per heavy atom. The molecule has 7 heteroatoms. The average molecular weight is 239 g/mol. The topological polar surface area (TPSA) is 97.4 Å². The molecule has 1 aliphatic carbocycles. The summed E-state index contributed by atoms with van der Waals surface area (Å²) < 4.78 is 4.77. The molecule has 0 aliphatic heterocycles. The second-order valence-corrected chi connectivity index (χ2v) is 3.88. The Kier molecular flexibility index (Phi) is 3.38. The van der Waals surface area contributed by atoms with Gasteiger partial charge in [0.1, 0.15) is 4.92 Å². The molecule has 1 saturated carbocycles. The second kappa shape index (κ2) is 4.96. The zero-order valence-electron chi connectivity index (χ0n) is 9.14. The minimum Gasteiger partial charge on any atom is -0.395 e. The lowest BCUT2D eigenvalue weighted by atomic mass is 10.4. The largest absolute Gasteiger partial charge is 0.433 e. The smallest absolute Gasteiger partial charge is 0.395 e. The van der Waals surface area contributed by atoms with E-state index in [9.17, 15) is 14.9 Å². The minimum absolute atomic E-state index is 0.0388. The average Bonchev–Trinajstić information content (AvgIpc) is 2.97. The van der Waals surface area contributed by atoms with Crippen LogP contribution in [-0.2, 0) is 0 Å². The minimum atomic E-state index is -0.675. The van der Waals surface area contributed by atoms with Crippen LogP contribution in [0.15, 0.2) is 16.5 Å². The number of nitro groups is 1. The van der Waals surface area contributed by atoms with E-state index in [1.165, 1.54) is 18.9 Å². The van der Waals surface area contributed by atoms with Crippen LogP contribution in [0.3, 0.4) is 0 Å². The predicted octanol–water partition coefficient (Wildman–Crippen LogP) is 0.670. The van der Waals surface area contributed by atoms with Crippen molar-refractivity contribution in [2.45, 2.75) is 18.9 Å². The standard InChI is InChI=1S/C10H13N3O4/c14-10(12-6-5-11-7-1-2-7)8-3-4-9(17-8)13(15)16/h3-4,7,11H,1-2,5-6H2,(H,12,14). The van der Waals surface area contributed by atoms with Crippen LogP contribution in [0.25, 0.3) is 0 Å². The highest BCUT2D eigenvalue weighted by Gasteiger charge is 2.20. The summed E-state index contributed by atoms with van der Waals surface area (Å²) in [5.41, 5.74) is 0. The summed E-state index contributed by atoms with van der Waals surface area (Å²) in [5, 5.41) is 16.2. The number of amides is 1. The summed E-state index contributed by atoms with van der Waals surface area (Å²) in [7, 11) is 0. The van der Waals surface area contributed by atoms with Crippen LogP contribution in [-0.4, -0.2) is 30.0 Å². The van der Waals surface area contributed by atoms with E-state index in [0.717, 1.165) is 6.07 Å². The Hall–Kier alpha value is -1.89. The molecule has 92 valence electrons. The molecule has 2 N–H and O–H groups in total. The van der Waals surface area contributed by atoms with Gasteiger partial charge in [-0.05, 0) is 18.9 Å². The fourth-order valence-corrected chi connectivity index (χ4v) is 1.37. The molecule has 0 atom stereocenters. The lowest BCUT2D eigenvalue weighted by molar-refractivity contribution is -0.402. The maximum atomic E-state index is 11.5. The Morgan fingerprint density at radius 2 is 2.24 bits per heavy atom. The molecule has 0 spiro atoms. The number of nitrogens with zero attached hydrogens (tertiary/aromatic N) is 1. The van der Waals surface area contributed by atoms with Crippen LogP contribution in [0.5, 0.6) is 0 Å². The fraction of sp³-hybridized carbons (Fsp3) is 0.500. The van der Waals surface area contributed by atoms with Crippen molar-refractivity contribution in [2.24, 2.45) is 0 Å². The van der Waals surface area contributed by atoms with Crippen LogP contribution < -0.4 is 10.6 Å². The van der Waals surface area contributed by atoms with Crippen molar-refractivity contribution < 1.29 is 14.1 Å². The van der Waals surface area contributed by atoms with E-state index in [-0.39, 0.29) is 5.76 Å². The van der Waals surface area contributed by atoms with Gasteiger partial charge in [0.25, 0.3) is 5.91 Å². The van der Waals surface area contributed by atoms with E-state index in [2.05, 4.69) is 10.6 Å². The summed E-state index contributed by atoms with van der Waals surface area (Å²) in [5.74, 6) is -0.898. The van der Waals surface area contributed by atoms with Crippen molar-refractivity contribution in [3.05, 3.63) is 28.0 Å². The second-order valence-electron chi connectivity index (χ2n) is 3.88. The SMILES string of the molecule is O=C(NCCNC1CC1)c1ccc([N+](=O)[O-])o1. The van der Waals surface area contributed by atoms with Crippen molar-refractivity contribution in [1.29, 1.82) is 0 Å². The monoisotopic (exact) mass is 239 g/mol. The molecule has 0 bridgehead atoms. The molecule has 1 heterocycles. The van der Waals surface area contributed by atoms with E-state index in [1.807, 2.05) is 0 Å². The van der Waals surface area contributed by atoms with Gasteiger partial charge in [-0.25, -0.2) is 0 Å². The van der Waals surface area contributed by atoms with E-state index in [4.69, 9.17) is 4.42 Å². The maximum absolute atomic E-state index is 11.5. The van der Waals surface area contributed by atoms with Crippen molar-refractivity contribution in [2.75, 3.05) is 13.1 Å². The first-order valence-electron chi connectivity index (χ1n) is 5.42. The molecule has 1 fully saturated rings. The van der Waals surface area contributed by atoms with Gasteiger partial charge >= 0.3 is 5.88 Å². The van der Waals surface area contributed by atoms with Gasteiger partial charge in [0.15, 0.2) is 5.76 Å².